The third-order valence-electron chi connectivity index (χ3n) is 0.816. The Morgan fingerprint density at radius 2 is 1.47 bits per heavy atom. The molecule has 1 atom stereocenters. The summed E-state index contributed by atoms with van der Waals surface area (Å²) < 4.78 is 28.4. The molecular formula is C4H10Na3O8P2. The molecule has 0 rings (SSSR count). The Kier molecular flexibility index (Phi) is 23.1. The summed E-state index contributed by atoms with van der Waals surface area (Å²) in [5, 5.41) is 8.25. The van der Waals surface area contributed by atoms with Gasteiger partial charge < -0.3 is 19.8 Å². The van der Waals surface area contributed by atoms with Crippen molar-refractivity contribution in [3.63, 3.8) is 0 Å². The minimum atomic E-state index is -5.05. The summed E-state index contributed by atoms with van der Waals surface area (Å²) in [6.07, 6.45) is 2.41. The molecule has 13 heteroatoms. The Morgan fingerprint density at radius 3 is 1.82 bits per heavy atom. The van der Waals surface area contributed by atoms with Crippen molar-refractivity contribution in [2.24, 2.45) is 0 Å². The molecule has 17 heavy (non-hydrogen) atoms. The Balaban J connectivity index is -0.000000282. The van der Waals surface area contributed by atoms with E-state index in [0.29, 0.717) is 0 Å². The summed E-state index contributed by atoms with van der Waals surface area (Å²) in [5.41, 5.74) is 0. The van der Waals surface area contributed by atoms with E-state index in [-0.39, 0.29) is 95.3 Å². The maximum absolute atomic E-state index is 10.7. The summed E-state index contributed by atoms with van der Waals surface area (Å²) in [6, 6.07) is 0. The molecule has 0 spiro atoms. The zero-order valence-corrected chi connectivity index (χ0v) is 17.7. The molecule has 0 saturated carbocycles. The van der Waals surface area contributed by atoms with Gasteiger partial charge in [-0.05, 0) is 0 Å². The third kappa shape index (κ3) is 21.4. The summed E-state index contributed by atoms with van der Waals surface area (Å²) in [7, 11) is -9.80. The summed E-state index contributed by atoms with van der Waals surface area (Å²) in [5.74, 6) is 0. The number of phosphoric acid groups is 2. The molecule has 0 heterocycles. The van der Waals surface area contributed by atoms with Crippen LogP contribution < -0.4 is 0 Å². The van der Waals surface area contributed by atoms with Gasteiger partial charge in [0.1, 0.15) is 0 Å². The van der Waals surface area contributed by atoms with Crippen LogP contribution in [-0.4, -0.2) is 122 Å². The van der Waals surface area contributed by atoms with Gasteiger partial charge in [-0.2, -0.15) is 4.31 Å². The second kappa shape index (κ2) is 13.9. The summed E-state index contributed by atoms with van der Waals surface area (Å²) in [4.78, 5) is 25.0. The monoisotopic (exact) mass is 317 g/mol. The standard InChI is InChI=1S/C4H10O8P2.3Na/c5-3-1-2-4-11-14(9,10)12-13(6,7)8;;;/h1-2,5H,3-4H2,(H,9,10)(H2,6,7,8);;;/b2-1+;;;. The van der Waals surface area contributed by atoms with Crippen LogP contribution in [-0.2, 0) is 18.0 Å². The Bertz CT molecular complexity index is 290. The molecule has 0 fully saturated rings. The van der Waals surface area contributed by atoms with Crippen LogP contribution in [0.5, 0.6) is 0 Å². The molecule has 0 aromatic heterocycles. The van der Waals surface area contributed by atoms with Gasteiger partial charge in [0, 0.05) is 88.7 Å². The SMILES string of the molecule is O=P(O)(O)OP(=O)(O)OC/C=C/CO.[Na].[Na].[Na]. The molecule has 3 radical (unpaired) electrons. The van der Waals surface area contributed by atoms with Crippen LogP contribution in [0, 0.1) is 0 Å². The maximum Gasteiger partial charge on any atom is 0.481 e. The van der Waals surface area contributed by atoms with E-state index in [9.17, 15) is 9.13 Å². The smallest absolute Gasteiger partial charge is 0.392 e. The molecule has 8 nitrogen and oxygen atoms in total. The number of aliphatic hydroxyl groups excluding tert-OH is 1. The van der Waals surface area contributed by atoms with Gasteiger partial charge in [0.25, 0.3) is 0 Å². The zero-order chi connectivity index (χ0) is 11.2. The molecular weight excluding hydrogens is 307 g/mol. The average molecular weight is 317 g/mol. The van der Waals surface area contributed by atoms with Gasteiger partial charge in [0.2, 0.25) is 0 Å². The normalized spacial score (nSPS) is 14.1. The molecule has 0 amide bonds. The fourth-order valence-electron chi connectivity index (χ4n) is 0.438. The van der Waals surface area contributed by atoms with Crippen molar-refractivity contribution >= 4 is 104 Å². The molecule has 0 aromatic carbocycles. The number of aliphatic hydroxyl groups is 1. The maximum atomic E-state index is 10.7. The van der Waals surface area contributed by atoms with Crippen LogP contribution in [0.15, 0.2) is 12.2 Å². The average Bonchev–Trinajstić information content (AvgIpc) is 1.93. The van der Waals surface area contributed by atoms with Gasteiger partial charge in [-0.1, -0.05) is 12.2 Å². The Hall–Kier alpha value is 2.96. The molecule has 0 aliphatic carbocycles. The molecule has 1 unspecified atom stereocenters. The minimum absolute atomic E-state index is 0. The van der Waals surface area contributed by atoms with Crippen molar-refractivity contribution < 1.29 is 37.8 Å². The minimum Gasteiger partial charge on any atom is -0.392 e. The van der Waals surface area contributed by atoms with Crippen molar-refractivity contribution in [2.45, 2.75) is 0 Å². The quantitative estimate of drug-likeness (QED) is 0.267. The van der Waals surface area contributed by atoms with Gasteiger partial charge in [-0.25, -0.2) is 9.13 Å². The summed E-state index contributed by atoms with van der Waals surface area (Å²) >= 11 is 0. The zero-order valence-electron chi connectivity index (χ0n) is 9.89. The van der Waals surface area contributed by atoms with Gasteiger partial charge in [-0.15, -0.1) is 0 Å². The van der Waals surface area contributed by atoms with E-state index in [1.165, 1.54) is 12.2 Å². The Labute approximate surface area is 165 Å². The first-order valence-corrected chi connectivity index (χ1v) is 6.29. The molecule has 0 aliphatic rings. The van der Waals surface area contributed by atoms with Crippen molar-refractivity contribution in [3.05, 3.63) is 12.2 Å². The second-order valence-corrected chi connectivity index (χ2v) is 4.82. The van der Waals surface area contributed by atoms with Crippen molar-refractivity contribution in [1.82, 2.24) is 0 Å². The molecule has 0 aliphatic heterocycles. The van der Waals surface area contributed by atoms with E-state index in [1.54, 1.807) is 0 Å². The van der Waals surface area contributed by atoms with E-state index < -0.39 is 22.3 Å². The fraction of sp³-hybridized carbons (Fsp3) is 0.500. The van der Waals surface area contributed by atoms with E-state index in [4.69, 9.17) is 19.8 Å². The van der Waals surface area contributed by atoms with E-state index >= 15 is 0 Å². The van der Waals surface area contributed by atoms with E-state index in [2.05, 4.69) is 8.83 Å². The van der Waals surface area contributed by atoms with Gasteiger partial charge in [-0.3, -0.25) is 4.52 Å². The topological polar surface area (TPSA) is 134 Å². The molecule has 0 saturated heterocycles. The first kappa shape index (κ1) is 28.2. The molecule has 87 valence electrons. The largest absolute Gasteiger partial charge is 0.481 e. The van der Waals surface area contributed by atoms with Crippen molar-refractivity contribution in [2.75, 3.05) is 13.2 Å². The first-order valence-electron chi connectivity index (χ1n) is 3.27. The number of hydrogen-bond acceptors (Lipinski definition) is 5. The van der Waals surface area contributed by atoms with E-state index in [0.717, 1.165) is 0 Å². The molecule has 0 aromatic rings. The molecule has 4 N–H and O–H groups in total. The van der Waals surface area contributed by atoms with Crippen molar-refractivity contribution in [1.29, 1.82) is 0 Å². The molecule has 0 bridgehead atoms. The third-order valence-corrected chi connectivity index (χ3v) is 2.97. The van der Waals surface area contributed by atoms with Gasteiger partial charge in [0.15, 0.2) is 0 Å². The second-order valence-electron chi connectivity index (χ2n) is 1.99. The number of rotatable bonds is 6. The fourth-order valence-corrected chi connectivity index (χ4v) is 1.98. The van der Waals surface area contributed by atoms with Crippen LogP contribution in [0.25, 0.3) is 0 Å². The number of phosphoric ester groups is 1. The Morgan fingerprint density at radius 1 is 1.00 bits per heavy atom. The predicted molar refractivity (Wildman–Crippen MR) is 62.4 cm³/mol. The summed E-state index contributed by atoms with van der Waals surface area (Å²) in [6.45, 7) is -0.688. The van der Waals surface area contributed by atoms with Crippen LogP contribution in [0.4, 0.5) is 0 Å². The van der Waals surface area contributed by atoms with Crippen LogP contribution in [0.2, 0.25) is 0 Å². The number of hydrogen-bond donors (Lipinski definition) is 4. The van der Waals surface area contributed by atoms with Crippen LogP contribution in [0.3, 0.4) is 0 Å². The first-order chi connectivity index (χ1) is 6.27. The van der Waals surface area contributed by atoms with E-state index in [1.807, 2.05) is 0 Å². The van der Waals surface area contributed by atoms with Gasteiger partial charge in [0.05, 0.1) is 13.2 Å². The van der Waals surface area contributed by atoms with Crippen molar-refractivity contribution in [3.8, 4) is 0 Å². The predicted octanol–water partition coefficient (Wildman–Crippen LogP) is -1.38. The van der Waals surface area contributed by atoms with Crippen LogP contribution >= 0.6 is 15.6 Å². The van der Waals surface area contributed by atoms with Gasteiger partial charge >= 0.3 is 15.6 Å². The van der Waals surface area contributed by atoms with Crippen LogP contribution in [0.1, 0.15) is 0 Å².